The lowest BCUT2D eigenvalue weighted by atomic mass is 9.90. The zero-order valence-corrected chi connectivity index (χ0v) is 14.2. The van der Waals surface area contributed by atoms with Crippen LogP contribution in [0.2, 0.25) is 0 Å². The predicted molar refractivity (Wildman–Crippen MR) is 93.4 cm³/mol. The molecule has 122 valence electrons. The maximum Gasteiger partial charge on any atom is 0.279 e. The van der Waals surface area contributed by atoms with E-state index in [0.29, 0.717) is 10.9 Å². The number of aryl methyl sites for hydroxylation is 3. The Kier molecular flexibility index (Phi) is 3.90. The monoisotopic (exact) mass is 339 g/mol. The van der Waals surface area contributed by atoms with E-state index in [-0.39, 0.29) is 11.6 Å². The van der Waals surface area contributed by atoms with E-state index in [9.17, 15) is 4.79 Å². The molecule has 1 aromatic carbocycles. The summed E-state index contributed by atoms with van der Waals surface area (Å²) in [4.78, 5) is 16.6. The minimum Gasteiger partial charge on any atom is -0.361 e. The first-order valence-electron chi connectivity index (χ1n) is 8.01. The quantitative estimate of drug-likeness (QED) is 0.775. The molecule has 0 spiro atoms. The van der Waals surface area contributed by atoms with Crippen molar-refractivity contribution in [1.29, 1.82) is 0 Å². The van der Waals surface area contributed by atoms with Gasteiger partial charge >= 0.3 is 0 Å². The molecule has 24 heavy (non-hydrogen) atoms. The second-order valence-corrected chi connectivity index (χ2v) is 6.86. The molecule has 2 heterocycles. The lowest BCUT2D eigenvalue weighted by Gasteiger charge is -2.16. The van der Waals surface area contributed by atoms with Gasteiger partial charge in [-0.2, -0.15) is 0 Å². The van der Waals surface area contributed by atoms with Crippen LogP contribution in [0.1, 0.15) is 40.2 Å². The number of hydrogen-bond acceptors (Lipinski definition) is 5. The van der Waals surface area contributed by atoms with Crippen LogP contribution in [0.5, 0.6) is 0 Å². The molecule has 1 aliphatic carbocycles. The normalized spacial score (nSPS) is 13.5. The van der Waals surface area contributed by atoms with Gasteiger partial charge < -0.3 is 4.52 Å². The number of rotatable bonds is 3. The minimum absolute atomic E-state index is 0.262. The SMILES string of the molecule is Cc1cc(C(=O)Nc2nc(-c3ccc4c(c3)CCCC4)cs2)no1. The van der Waals surface area contributed by atoms with Gasteiger partial charge in [-0.05, 0) is 49.8 Å². The fraction of sp³-hybridized carbons (Fsp3) is 0.278. The highest BCUT2D eigenvalue weighted by Crippen LogP contribution is 2.29. The number of nitrogens with one attached hydrogen (secondary N) is 1. The first-order valence-corrected chi connectivity index (χ1v) is 8.89. The number of aromatic nitrogens is 2. The Hall–Kier alpha value is -2.47. The van der Waals surface area contributed by atoms with Crippen molar-refractivity contribution in [1.82, 2.24) is 10.1 Å². The summed E-state index contributed by atoms with van der Waals surface area (Å²) in [5.41, 5.74) is 5.13. The number of nitrogens with zero attached hydrogens (tertiary/aromatic N) is 2. The highest BCUT2D eigenvalue weighted by Gasteiger charge is 2.15. The molecule has 2 aromatic heterocycles. The summed E-state index contributed by atoms with van der Waals surface area (Å²) in [6, 6.07) is 8.16. The molecule has 5 nitrogen and oxygen atoms in total. The molecule has 0 fully saturated rings. The Balaban J connectivity index is 1.53. The first-order chi connectivity index (χ1) is 11.7. The molecule has 0 radical (unpaired) electrons. The van der Waals surface area contributed by atoms with E-state index >= 15 is 0 Å². The van der Waals surface area contributed by atoms with Gasteiger partial charge in [0, 0.05) is 17.0 Å². The molecule has 0 saturated carbocycles. The molecule has 0 aliphatic heterocycles. The third-order valence-electron chi connectivity index (χ3n) is 4.23. The van der Waals surface area contributed by atoms with E-state index in [1.165, 1.54) is 41.7 Å². The van der Waals surface area contributed by atoms with Crippen molar-refractivity contribution in [3.63, 3.8) is 0 Å². The number of anilines is 1. The van der Waals surface area contributed by atoms with Gasteiger partial charge in [-0.25, -0.2) is 4.98 Å². The van der Waals surface area contributed by atoms with Crippen molar-refractivity contribution in [3.8, 4) is 11.3 Å². The minimum atomic E-state index is -0.307. The van der Waals surface area contributed by atoms with Crippen LogP contribution >= 0.6 is 11.3 Å². The van der Waals surface area contributed by atoms with Gasteiger partial charge in [0.05, 0.1) is 5.69 Å². The van der Waals surface area contributed by atoms with Crippen LogP contribution in [0.4, 0.5) is 5.13 Å². The molecule has 0 bridgehead atoms. The first kappa shape index (κ1) is 15.1. The summed E-state index contributed by atoms with van der Waals surface area (Å²) in [5.74, 6) is 0.298. The van der Waals surface area contributed by atoms with Crippen molar-refractivity contribution < 1.29 is 9.32 Å². The molecule has 0 saturated heterocycles. The highest BCUT2D eigenvalue weighted by molar-refractivity contribution is 7.14. The number of thiazole rings is 1. The summed E-state index contributed by atoms with van der Waals surface area (Å²) < 4.78 is 4.92. The van der Waals surface area contributed by atoms with Crippen LogP contribution in [0.3, 0.4) is 0 Å². The second kappa shape index (κ2) is 6.20. The van der Waals surface area contributed by atoms with Crippen molar-refractivity contribution in [2.45, 2.75) is 32.6 Å². The third-order valence-corrected chi connectivity index (χ3v) is 4.99. The van der Waals surface area contributed by atoms with E-state index in [1.54, 1.807) is 13.0 Å². The van der Waals surface area contributed by atoms with Crippen LogP contribution in [0, 0.1) is 6.92 Å². The van der Waals surface area contributed by atoms with Gasteiger partial charge in [0.2, 0.25) is 0 Å². The number of amides is 1. The third kappa shape index (κ3) is 2.97. The maximum atomic E-state index is 12.1. The van der Waals surface area contributed by atoms with Crippen LogP contribution < -0.4 is 5.32 Å². The van der Waals surface area contributed by atoms with Crippen LogP contribution in [-0.4, -0.2) is 16.0 Å². The number of carbonyl (C=O) groups excluding carboxylic acids is 1. The summed E-state index contributed by atoms with van der Waals surface area (Å²) in [7, 11) is 0. The van der Waals surface area contributed by atoms with Gasteiger partial charge in [0.15, 0.2) is 10.8 Å². The zero-order chi connectivity index (χ0) is 16.5. The van der Waals surface area contributed by atoms with Crippen molar-refractivity contribution >= 4 is 22.4 Å². The summed E-state index contributed by atoms with van der Waals surface area (Å²) >= 11 is 1.41. The zero-order valence-electron chi connectivity index (χ0n) is 13.3. The van der Waals surface area contributed by atoms with Gasteiger partial charge in [-0.1, -0.05) is 17.3 Å². The predicted octanol–water partition coefficient (Wildman–Crippen LogP) is 4.24. The van der Waals surface area contributed by atoms with Crippen LogP contribution in [0.15, 0.2) is 34.2 Å². The average molecular weight is 339 g/mol. The Morgan fingerprint density at radius 3 is 2.83 bits per heavy atom. The Morgan fingerprint density at radius 2 is 2.04 bits per heavy atom. The van der Waals surface area contributed by atoms with E-state index in [4.69, 9.17) is 4.52 Å². The Bertz CT molecular complexity index is 897. The van der Waals surface area contributed by atoms with Crippen molar-refractivity contribution in [2.75, 3.05) is 5.32 Å². The van der Waals surface area contributed by atoms with E-state index in [1.807, 2.05) is 5.38 Å². The topological polar surface area (TPSA) is 68.0 Å². The maximum absolute atomic E-state index is 12.1. The number of carbonyl (C=O) groups is 1. The van der Waals surface area contributed by atoms with E-state index < -0.39 is 0 Å². The molecule has 4 rings (SSSR count). The fourth-order valence-corrected chi connectivity index (χ4v) is 3.71. The van der Waals surface area contributed by atoms with Crippen molar-refractivity contribution in [3.05, 3.63) is 52.2 Å². The fourth-order valence-electron chi connectivity index (χ4n) is 2.99. The Morgan fingerprint density at radius 1 is 1.21 bits per heavy atom. The molecular formula is C18H17N3O2S. The average Bonchev–Trinajstić information content (AvgIpc) is 3.23. The van der Waals surface area contributed by atoms with Gasteiger partial charge in [0.25, 0.3) is 5.91 Å². The molecule has 1 N–H and O–H groups in total. The van der Waals surface area contributed by atoms with Crippen molar-refractivity contribution in [2.24, 2.45) is 0 Å². The summed E-state index contributed by atoms with van der Waals surface area (Å²) in [6.07, 6.45) is 4.85. The summed E-state index contributed by atoms with van der Waals surface area (Å²) in [6.45, 7) is 1.75. The largest absolute Gasteiger partial charge is 0.361 e. The van der Waals surface area contributed by atoms with Gasteiger partial charge in [-0.3, -0.25) is 10.1 Å². The summed E-state index contributed by atoms with van der Waals surface area (Å²) in [5, 5.41) is 9.01. The molecule has 0 unspecified atom stereocenters. The number of fused-ring (bicyclic) bond motifs is 1. The lowest BCUT2D eigenvalue weighted by molar-refractivity contribution is 0.101. The smallest absolute Gasteiger partial charge is 0.279 e. The molecular weight excluding hydrogens is 322 g/mol. The van der Waals surface area contributed by atoms with Crippen LogP contribution in [-0.2, 0) is 12.8 Å². The van der Waals surface area contributed by atoms with E-state index in [2.05, 4.69) is 33.7 Å². The number of benzene rings is 1. The second-order valence-electron chi connectivity index (χ2n) is 6.01. The van der Waals surface area contributed by atoms with Gasteiger partial charge in [0.1, 0.15) is 5.76 Å². The molecule has 6 heteroatoms. The molecule has 1 aliphatic rings. The molecule has 1 amide bonds. The Labute approximate surface area is 143 Å². The van der Waals surface area contributed by atoms with Gasteiger partial charge in [-0.15, -0.1) is 11.3 Å². The van der Waals surface area contributed by atoms with Crippen LogP contribution in [0.25, 0.3) is 11.3 Å². The lowest BCUT2D eigenvalue weighted by Crippen LogP contribution is -2.11. The standard InChI is InChI=1S/C18H17N3O2S/c1-11-8-15(21-23-11)17(22)20-18-19-16(10-24-18)14-7-6-12-4-2-3-5-13(12)9-14/h6-10H,2-5H2,1H3,(H,19,20,22). The molecule has 0 atom stereocenters. The van der Waals surface area contributed by atoms with E-state index in [0.717, 1.165) is 17.7 Å². The number of hydrogen-bond donors (Lipinski definition) is 1. The highest BCUT2D eigenvalue weighted by atomic mass is 32.1. The molecule has 3 aromatic rings.